The van der Waals surface area contributed by atoms with Gasteiger partial charge in [0.05, 0.1) is 12.7 Å². The lowest BCUT2D eigenvalue weighted by molar-refractivity contribution is 0.161. The molecule has 1 atom stereocenters. The third-order valence-corrected chi connectivity index (χ3v) is 2.10. The van der Waals surface area contributed by atoms with Crippen LogP contribution in [-0.2, 0) is 4.74 Å². The summed E-state index contributed by atoms with van der Waals surface area (Å²) in [5.74, 6) is 0. The maximum Gasteiger partial charge on any atom is 0.0929 e. The Labute approximate surface area is 90.3 Å². The number of aromatic nitrogens is 1. The van der Waals surface area contributed by atoms with E-state index in [0.717, 1.165) is 17.7 Å². The molecule has 0 saturated heterocycles. The highest BCUT2D eigenvalue weighted by atomic mass is 16.5. The summed E-state index contributed by atoms with van der Waals surface area (Å²) in [7, 11) is 1.66. The SMILES string of the molecule is COCCNCC(O)c1cncc(C)c1. The van der Waals surface area contributed by atoms with Crippen LogP contribution >= 0.6 is 0 Å². The molecule has 0 aliphatic rings. The number of nitrogens with zero attached hydrogens (tertiary/aromatic N) is 1. The molecule has 0 aromatic carbocycles. The van der Waals surface area contributed by atoms with Gasteiger partial charge < -0.3 is 15.2 Å². The molecule has 0 radical (unpaired) electrons. The van der Waals surface area contributed by atoms with E-state index in [1.165, 1.54) is 0 Å². The minimum absolute atomic E-state index is 0.505. The van der Waals surface area contributed by atoms with Gasteiger partial charge in [0.1, 0.15) is 0 Å². The van der Waals surface area contributed by atoms with Gasteiger partial charge in [-0.1, -0.05) is 6.07 Å². The van der Waals surface area contributed by atoms with Crippen LogP contribution in [-0.4, -0.2) is 36.9 Å². The van der Waals surface area contributed by atoms with Crippen LogP contribution in [0, 0.1) is 6.92 Å². The lowest BCUT2D eigenvalue weighted by Crippen LogP contribution is -2.25. The van der Waals surface area contributed by atoms with Gasteiger partial charge in [0.15, 0.2) is 0 Å². The van der Waals surface area contributed by atoms with Crippen LogP contribution in [0.4, 0.5) is 0 Å². The Hall–Kier alpha value is -0.970. The van der Waals surface area contributed by atoms with Crippen molar-refractivity contribution in [1.82, 2.24) is 10.3 Å². The molecule has 1 unspecified atom stereocenters. The number of nitrogens with one attached hydrogen (secondary N) is 1. The van der Waals surface area contributed by atoms with Gasteiger partial charge in [-0.2, -0.15) is 0 Å². The fourth-order valence-electron chi connectivity index (χ4n) is 1.29. The molecule has 1 rings (SSSR count). The fourth-order valence-corrected chi connectivity index (χ4v) is 1.29. The number of ether oxygens (including phenoxy) is 1. The van der Waals surface area contributed by atoms with E-state index in [1.54, 1.807) is 19.5 Å². The average molecular weight is 210 g/mol. The second-order valence-electron chi connectivity index (χ2n) is 3.51. The Kier molecular flexibility index (Phi) is 5.25. The van der Waals surface area contributed by atoms with E-state index in [1.807, 2.05) is 13.0 Å². The van der Waals surface area contributed by atoms with Gasteiger partial charge in [0.2, 0.25) is 0 Å². The number of hydrogen-bond acceptors (Lipinski definition) is 4. The van der Waals surface area contributed by atoms with Crippen molar-refractivity contribution in [3.8, 4) is 0 Å². The number of aryl methyl sites for hydroxylation is 1. The van der Waals surface area contributed by atoms with E-state index < -0.39 is 6.10 Å². The van der Waals surface area contributed by atoms with Gasteiger partial charge in [-0.25, -0.2) is 0 Å². The van der Waals surface area contributed by atoms with Crippen molar-refractivity contribution < 1.29 is 9.84 Å². The Morgan fingerprint density at radius 2 is 2.33 bits per heavy atom. The standard InChI is InChI=1S/C11H18N2O2/c1-9-5-10(7-13-6-9)11(14)8-12-3-4-15-2/h5-7,11-12,14H,3-4,8H2,1-2H3. The zero-order chi connectivity index (χ0) is 11.1. The second-order valence-corrected chi connectivity index (χ2v) is 3.51. The van der Waals surface area contributed by atoms with Crippen LogP contribution < -0.4 is 5.32 Å². The van der Waals surface area contributed by atoms with E-state index in [0.29, 0.717) is 13.2 Å². The number of hydrogen-bond donors (Lipinski definition) is 2. The molecule has 1 aromatic rings. The number of aliphatic hydroxyl groups excluding tert-OH is 1. The van der Waals surface area contributed by atoms with Crippen molar-refractivity contribution in [1.29, 1.82) is 0 Å². The van der Waals surface area contributed by atoms with Gasteiger partial charge in [-0.05, 0) is 12.5 Å². The van der Waals surface area contributed by atoms with Crippen molar-refractivity contribution in [3.05, 3.63) is 29.6 Å². The van der Waals surface area contributed by atoms with Crippen molar-refractivity contribution in [2.45, 2.75) is 13.0 Å². The zero-order valence-corrected chi connectivity index (χ0v) is 9.23. The lowest BCUT2D eigenvalue weighted by Gasteiger charge is -2.11. The Bertz CT molecular complexity index is 292. The third kappa shape index (κ3) is 4.38. The minimum atomic E-state index is -0.505. The van der Waals surface area contributed by atoms with Crippen LogP contribution in [0.15, 0.2) is 18.5 Å². The van der Waals surface area contributed by atoms with Gasteiger partial charge in [0.25, 0.3) is 0 Å². The van der Waals surface area contributed by atoms with Crippen LogP contribution in [0.1, 0.15) is 17.2 Å². The minimum Gasteiger partial charge on any atom is -0.387 e. The largest absolute Gasteiger partial charge is 0.387 e. The Balaban J connectivity index is 2.36. The van der Waals surface area contributed by atoms with Crippen molar-refractivity contribution in [3.63, 3.8) is 0 Å². The summed E-state index contributed by atoms with van der Waals surface area (Å²) < 4.78 is 4.89. The first-order chi connectivity index (χ1) is 7.24. The first-order valence-electron chi connectivity index (χ1n) is 5.03. The highest BCUT2D eigenvalue weighted by Crippen LogP contribution is 2.11. The third-order valence-electron chi connectivity index (χ3n) is 2.10. The monoisotopic (exact) mass is 210 g/mol. The summed E-state index contributed by atoms with van der Waals surface area (Å²) in [6, 6.07) is 1.94. The molecule has 0 spiro atoms. The number of pyridine rings is 1. The Morgan fingerprint density at radius 3 is 3.00 bits per heavy atom. The van der Waals surface area contributed by atoms with Gasteiger partial charge >= 0.3 is 0 Å². The van der Waals surface area contributed by atoms with Gasteiger partial charge in [0, 0.05) is 38.2 Å². The smallest absolute Gasteiger partial charge is 0.0929 e. The number of rotatable bonds is 6. The lowest BCUT2D eigenvalue weighted by atomic mass is 10.1. The molecular formula is C11H18N2O2. The molecule has 0 bridgehead atoms. The number of methoxy groups -OCH3 is 1. The molecular weight excluding hydrogens is 192 g/mol. The number of aliphatic hydroxyl groups is 1. The van der Waals surface area contributed by atoms with E-state index in [2.05, 4.69) is 10.3 Å². The Morgan fingerprint density at radius 1 is 1.53 bits per heavy atom. The van der Waals surface area contributed by atoms with Crippen LogP contribution in [0.2, 0.25) is 0 Å². The molecule has 0 aliphatic carbocycles. The van der Waals surface area contributed by atoms with E-state index in [9.17, 15) is 5.11 Å². The molecule has 0 amide bonds. The molecule has 0 aliphatic heterocycles. The quantitative estimate of drug-likeness (QED) is 0.677. The summed E-state index contributed by atoms with van der Waals surface area (Å²) in [6.07, 6.45) is 2.96. The van der Waals surface area contributed by atoms with Gasteiger partial charge in [-0.3, -0.25) is 4.98 Å². The van der Waals surface area contributed by atoms with Gasteiger partial charge in [-0.15, -0.1) is 0 Å². The molecule has 4 heteroatoms. The first kappa shape index (κ1) is 12.1. The summed E-state index contributed by atoms with van der Waals surface area (Å²) in [5, 5.41) is 12.9. The van der Waals surface area contributed by atoms with Crippen molar-refractivity contribution in [2.24, 2.45) is 0 Å². The summed E-state index contributed by atoms with van der Waals surface area (Å²) in [4.78, 5) is 4.04. The van der Waals surface area contributed by atoms with E-state index >= 15 is 0 Å². The molecule has 4 nitrogen and oxygen atoms in total. The predicted octanol–water partition coefficient (Wildman–Crippen LogP) is 0.659. The molecule has 2 N–H and O–H groups in total. The molecule has 0 saturated carbocycles. The van der Waals surface area contributed by atoms with E-state index in [4.69, 9.17) is 4.74 Å². The first-order valence-corrected chi connectivity index (χ1v) is 5.03. The average Bonchev–Trinajstić information content (AvgIpc) is 2.24. The maximum atomic E-state index is 9.80. The van der Waals surface area contributed by atoms with Crippen molar-refractivity contribution >= 4 is 0 Å². The molecule has 0 fully saturated rings. The molecule has 1 heterocycles. The van der Waals surface area contributed by atoms with Crippen LogP contribution in [0.5, 0.6) is 0 Å². The normalized spacial score (nSPS) is 12.7. The zero-order valence-electron chi connectivity index (χ0n) is 9.23. The topological polar surface area (TPSA) is 54.4 Å². The van der Waals surface area contributed by atoms with Crippen LogP contribution in [0.3, 0.4) is 0 Å². The fraction of sp³-hybridized carbons (Fsp3) is 0.545. The van der Waals surface area contributed by atoms with E-state index in [-0.39, 0.29) is 0 Å². The summed E-state index contributed by atoms with van der Waals surface area (Å²) in [6.45, 7) is 3.88. The molecule has 1 aromatic heterocycles. The predicted molar refractivity (Wildman–Crippen MR) is 58.7 cm³/mol. The highest BCUT2D eigenvalue weighted by Gasteiger charge is 2.06. The van der Waals surface area contributed by atoms with Crippen LogP contribution in [0.25, 0.3) is 0 Å². The highest BCUT2D eigenvalue weighted by molar-refractivity contribution is 5.18. The molecule has 84 valence electrons. The second kappa shape index (κ2) is 6.50. The maximum absolute atomic E-state index is 9.80. The summed E-state index contributed by atoms with van der Waals surface area (Å²) in [5.41, 5.74) is 1.91. The summed E-state index contributed by atoms with van der Waals surface area (Å²) >= 11 is 0. The van der Waals surface area contributed by atoms with Crippen molar-refractivity contribution in [2.75, 3.05) is 26.8 Å². The molecule has 15 heavy (non-hydrogen) atoms.